The van der Waals surface area contributed by atoms with E-state index in [4.69, 9.17) is 0 Å². The fourth-order valence-corrected chi connectivity index (χ4v) is 7.50. The summed E-state index contributed by atoms with van der Waals surface area (Å²) in [5.41, 5.74) is 0. The maximum atomic E-state index is 2.51. The monoisotopic (exact) mass is 336 g/mol. The molecule has 0 heterocycles. The maximum absolute atomic E-state index is 2.51. The van der Waals surface area contributed by atoms with Gasteiger partial charge < -0.3 is 0 Å². The summed E-state index contributed by atoms with van der Waals surface area (Å²) >= 11 is 0. The Morgan fingerprint density at radius 3 is 1.79 bits per heavy atom. The van der Waals surface area contributed by atoms with Gasteiger partial charge in [-0.05, 0) is 0 Å². The van der Waals surface area contributed by atoms with Crippen molar-refractivity contribution in [2.45, 2.75) is 26.7 Å². The molecule has 0 nitrogen and oxygen atoms in total. The molecule has 0 fully saturated rings. The zero-order valence-electron chi connectivity index (χ0n) is 14.9. The fraction of sp³-hybridized carbons (Fsp3) is 0.217. The van der Waals surface area contributed by atoms with Crippen molar-refractivity contribution >= 4 is 17.9 Å². The molecule has 0 aromatic heterocycles. The van der Waals surface area contributed by atoms with E-state index in [2.05, 4.69) is 104 Å². The van der Waals surface area contributed by atoms with Crippen LogP contribution < -0.4 is 10.6 Å². The summed E-state index contributed by atoms with van der Waals surface area (Å²) in [6.45, 7) is 4.33. The molecule has 0 radical (unpaired) electrons. The van der Waals surface area contributed by atoms with Crippen LogP contribution in [0.2, 0.25) is 0 Å². The molecule has 126 valence electrons. The molecule has 0 aliphatic heterocycles. The molecule has 1 heteroatoms. The second-order valence-corrected chi connectivity index (χ2v) is 10.0. The summed E-state index contributed by atoms with van der Waals surface area (Å²) in [7, 11) is -1.88. The van der Waals surface area contributed by atoms with E-state index in [1.807, 2.05) is 6.92 Å². The Morgan fingerprint density at radius 1 is 0.750 bits per heavy atom. The van der Waals surface area contributed by atoms with Crippen LogP contribution in [0, 0.1) is 0 Å². The first-order valence-electron chi connectivity index (χ1n) is 8.91. The Kier molecular flexibility index (Phi) is 7.72. The van der Waals surface area contributed by atoms with Gasteiger partial charge in [-0.3, -0.25) is 0 Å². The van der Waals surface area contributed by atoms with Crippen molar-refractivity contribution < 1.29 is 0 Å². The number of rotatable bonds is 8. The van der Waals surface area contributed by atoms with Crippen LogP contribution in [0.1, 0.15) is 26.7 Å². The molecule has 0 unspecified atom stereocenters. The Labute approximate surface area is 148 Å². The molecule has 0 saturated carbocycles. The number of hydrogen-bond acceptors (Lipinski definition) is 0. The molecular formula is C23H29P. The van der Waals surface area contributed by atoms with Gasteiger partial charge in [0.2, 0.25) is 0 Å². The normalized spacial score (nSPS) is 13.2. The summed E-state index contributed by atoms with van der Waals surface area (Å²) in [6, 6.07) is 22.2. The summed E-state index contributed by atoms with van der Waals surface area (Å²) in [5, 5.41) is 3.00. The quantitative estimate of drug-likeness (QED) is 0.420. The summed E-state index contributed by atoms with van der Waals surface area (Å²) in [5.74, 6) is 2.51. The summed E-state index contributed by atoms with van der Waals surface area (Å²) < 4.78 is 0. The van der Waals surface area contributed by atoms with Crippen molar-refractivity contribution in [1.82, 2.24) is 0 Å². The number of benzene rings is 2. The number of hydrogen-bond donors (Lipinski definition) is 0. The van der Waals surface area contributed by atoms with Gasteiger partial charge in [-0.1, -0.05) is 0 Å². The number of allylic oxidation sites excluding steroid dienone is 5. The molecule has 0 amide bonds. The molecule has 0 atom stereocenters. The summed E-state index contributed by atoms with van der Waals surface area (Å²) in [4.78, 5) is 0. The van der Waals surface area contributed by atoms with Crippen molar-refractivity contribution in [2.24, 2.45) is 0 Å². The predicted molar refractivity (Wildman–Crippen MR) is 113 cm³/mol. The third kappa shape index (κ3) is 4.79. The van der Waals surface area contributed by atoms with E-state index in [0.29, 0.717) is 0 Å². The third-order valence-electron chi connectivity index (χ3n) is 4.41. The molecular weight excluding hydrogens is 307 g/mol. The van der Waals surface area contributed by atoms with Crippen LogP contribution >= 0.6 is 7.26 Å². The topological polar surface area (TPSA) is 0 Å². The first-order chi connectivity index (χ1) is 11.8. The molecule has 2 aromatic carbocycles. The first kappa shape index (κ1) is 18.4. The standard InChI is InChI=1S/C23H29P/c1-3-5-7-8-15-21-24(20-6-4-2,22-16-11-9-12-17-22)23-18-13-10-14-19-23/h3,5,7-19,21,24H,4,6,20H2,1-2H3/b5-3-,8-7-,21-15+. The van der Waals surface area contributed by atoms with Gasteiger partial charge in [0.15, 0.2) is 0 Å². The predicted octanol–water partition coefficient (Wildman–Crippen LogP) is 5.83. The van der Waals surface area contributed by atoms with E-state index in [0.717, 1.165) is 0 Å². The van der Waals surface area contributed by atoms with Crippen molar-refractivity contribution in [1.29, 1.82) is 0 Å². The van der Waals surface area contributed by atoms with Crippen molar-refractivity contribution in [3.63, 3.8) is 0 Å². The van der Waals surface area contributed by atoms with Crippen LogP contribution in [0.3, 0.4) is 0 Å². The molecule has 0 aliphatic carbocycles. The zero-order chi connectivity index (χ0) is 17.1. The Morgan fingerprint density at radius 2 is 1.29 bits per heavy atom. The van der Waals surface area contributed by atoms with Crippen LogP contribution in [-0.4, -0.2) is 6.16 Å². The molecule has 0 N–H and O–H groups in total. The van der Waals surface area contributed by atoms with Gasteiger partial charge in [0.25, 0.3) is 0 Å². The third-order valence-corrected chi connectivity index (χ3v) is 9.04. The average Bonchev–Trinajstić information content (AvgIpc) is 2.66. The van der Waals surface area contributed by atoms with E-state index in [1.54, 1.807) is 0 Å². The molecule has 24 heavy (non-hydrogen) atoms. The minimum absolute atomic E-state index is 1.23. The second-order valence-electron chi connectivity index (χ2n) is 6.08. The average molecular weight is 336 g/mol. The van der Waals surface area contributed by atoms with Gasteiger partial charge in [-0.25, -0.2) is 0 Å². The van der Waals surface area contributed by atoms with E-state index in [1.165, 1.54) is 29.6 Å². The zero-order valence-corrected chi connectivity index (χ0v) is 15.9. The SMILES string of the molecule is C\C=C/C=C\C=C\[PH](CCCC)(c1ccccc1)c1ccccc1. The molecule has 0 aliphatic rings. The van der Waals surface area contributed by atoms with Crippen LogP contribution in [0.25, 0.3) is 0 Å². The van der Waals surface area contributed by atoms with E-state index < -0.39 is 7.26 Å². The van der Waals surface area contributed by atoms with E-state index in [9.17, 15) is 0 Å². The van der Waals surface area contributed by atoms with Crippen LogP contribution in [0.4, 0.5) is 0 Å². The fourth-order valence-electron chi connectivity index (χ4n) is 3.12. The molecule has 2 aromatic rings. The number of unbranched alkanes of at least 4 members (excludes halogenated alkanes) is 1. The Hall–Kier alpha value is -1.91. The molecule has 2 rings (SSSR count). The first-order valence-corrected chi connectivity index (χ1v) is 11.2. The second kappa shape index (κ2) is 10.1. The molecule has 0 bridgehead atoms. The van der Waals surface area contributed by atoms with Crippen molar-refractivity contribution in [3.8, 4) is 0 Å². The van der Waals surface area contributed by atoms with Crippen LogP contribution in [-0.2, 0) is 0 Å². The van der Waals surface area contributed by atoms with Crippen molar-refractivity contribution in [3.05, 3.63) is 96.9 Å². The molecule has 0 spiro atoms. The van der Waals surface area contributed by atoms with E-state index in [-0.39, 0.29) is 0 Å². The van der Waals surface area contributed by atoms with Gasteiger partial charge in [0, 0.05) is 0 Å². The van der Waals surface area contributed by atoms with Crippen LogP contribution in [0.5, 0.6) is 0 Å². The Balaban J connectivity index is 2.51. The minimum atomic E-state index is -1.88. The van der Waals surface area contributed by atoms with Crippen LogP contribution in [0.15, 0.2) is 96.9 Å². The van der Waals surface area contributed by atoms with Gasteiger partial charge in [0.1, 0.15) is 0 Å². The molecule has 0 saturated heterocycles. The van der Waals surface area contributed by atoms with Gasteiger partial charge in [-0.2, -0.15) is 0 Å². The van der Waals surface area contributed by atoms with Gasteiger partial charge in [0.05, 0.1) is 0 Å². The van der Waals surface area contributed by atoms with Gasteiger partial charge in [-0.15, -0.1) is 0 Å². The Bertz CT molecular complexity index is 626. The summed E-state index contributed by atoms with van der Waals surface area (Å²) in [6.07, 6.45) is 14.4. The van der Waals surface area contributed by atoms with Gasteiger partial charge >= 0.3 is 148 Å². The van der Waals surface area contributed by atoms with E-state index >= 15 is 0 Å². The van der Waals surface area contributed by atoms with Crippen molar-refractivity contribution in [2.75, 3.05) is 6.16 Å².